The molecule has 0 bridgehead atoms. The van der Waals surface area contributed by atoms with Crippen LogP contribution in [0.5, 0.6) is 0 Å². The second-order valence-corrected chi connectivity index (χ2v) is 18.1. The number of aryl methyl sites for hydroxylation is 2. The minimum absolute atomic E-state index is 0. The highest BCUT2D eigenvalue weighted by molar-refractivity contribution is 5.85. The van der Waals surface area contributed by atoms with E-state index < -0.39 is 0 Å². The van der Waals surface area contributed by atoms with Crippen LogP contribution in [0.3, 0.4) is 0 Å². The minimum Gasteiger partial charge on any atom is -0.352 e. The van der Waals surface area contributed by atoms with E-state index in [9.17, 15) is 8.78 Å². The van der Waals surface area contributed by atoms with Gasteiger partial charge in [0.1, 0.15) is 11.6 Å². The predicted molar refractivity (Wildman–Crippen MR) is 270 cm³/mol. The molecule has 2 aliphatic heterocycles. The fraction of sp³-hybridized carbons (Fsp3) is 0.633. The van der Waals surface area contributed by atoms with E-state index in [1.807, 2.05) is 12.1 Å². The van der Waals surface area contributed by atoms with Gasteiger partial charge in [0.15, 0.2) is 0 Å². The standard InChI is InChI=1S/2C24H36FN7.CH4.ClH/c2*1-3-32-14-8-11-20(32)16-26-22-29-23(27-18-9-6-4-5-7-10-18)31-24(30-22)28-19-13-12-17(2)21(25)15-19;;/h2*12-13,15,18,20H,3-11,14,16H2,1-2H3,(H3,26,27,28,29,30,31);1H4;1H. The van der Waals surface area contributed by atoms with Gasteiger partial charge in [0.25, 0.3) is 0 Å². The summed E-state index contributed by atoms with van der Waals surface area (Å²) in [5.41, 5.74) is 2.47. The molecule has 4 aromatic rings. The van der Waals surface area contributed by atoms with Crippen molar-refractivity contribution in [2.24, 2.45) is 0 Å². The van der Waals surface area contributed by atoms with Crippen molar-refractivity contribution in [1.82, 2.24) is 39.7 Å². The number of nitrogens with zero attached hydrogens (tertiary/aromatic N) is 8. The molecule has 0 radical (unpaired) electrons. The molecular weight excluding hydrogens is 858 g/mol. The number of hydrogen-bond donors (Lipinski definition) is 6. The quantitative estimate of drug-likeness (QED) is 0.0590. The molecule has 14 nitrogen and oxygen atoms in total. The first kappa shape index (κ1) is 52.3. The maximum absolute atomic E-state index is 14.0. The predicted octanol–water partition coefficient (Wildman–Crippen LogP) is 11.2. The maximum atomic E-state index is 14.0. The van der Waals surface area contributed by atoms with Crippen LogP contribution in [-0.2, 0) is 0 Å². The van der Waals surface area contributed by atoms with Crippen LogP contribution in [0, 0.1) is 25.5 Å². The van der Waals surface area contributed by atoms with Gasteiger partial charge in [-0.05, 0) is 127 Å². The first-order valence-electron chi connectivity index (χ1n) is 24.3. The van der Waals surface area contributed by atoms with Crippen LogP contribution in [0.1, 0.15) is 135 Å². The lowest BCUT2D eigenvalue weighted by molar-refractivity contribution is 0.276. The summed E-state index contributed by atoms with van der Waals surface area (Å²) in [5, 5.41) is 20.2. The van der Waals surface area contributed by atoms with E-state index in [2.05, 4.69) is 85.5 Å². The van der Waals surface area contributed by atoms with Crippen molar-refractivity contribution in [3.63, 3.8) is 0 Å². The smallest absolute Gasteiger partial charge is 0.233 e. The molecule has 4 aliphatic rings. The zero-order valence-corrected chi connectivity index (χ0v) is 39.9. The van der Waals surface area contributed by atoms with Gasteiger partial charge in [-0.1, -0.05) is 84.8 Å². The Bertz CT molecular complexity index is 1920. The van der Waals surface area contributed by atoms with Gasteiger partial charge in [-0.2, -0.15) is 29.9 Å². The van der Waals surface area contributed by atoms with Crippen LogP contribution < -0.4 is 31.9 Å². The molecule has 0 spiro atoms. The third-order valence-corrected chi connectivity index (χ3v) is 13.3. The van der Waals surface area contributed by atoms with E-state index in [0.717, 1.165) is 65.0 Å². The Kier molecular flexibility index (Phi) is 21.1. The molecule has 4 heterocycles. The van der Waals surface area contributed by atoms with E-state index >= 15 is 0 Å². The molecule has 364 valence electrons. The molecule has 2 unspecified atom stereocenters. The van der Waals surface area contributed by atoms with Gasteiger partial charge < -0.3 is 31.9 Å². The van der Waals surface area contributed by atoms with Crippen LogP contribution in [0.15, 0.2) is 36.4 Å². The average molecular weight is 936 g/mol. The van der Waals surface area contributed by atoms with Gasteiger partial charge in [0.2, 0.25) is 35.7 Å². The van der Waals surface area contributed by atoms with Crippen molar-refractivity contribution in [1.29, 1.82) is 0 Å². The molecule has 2 aliphatic carbocycles. The van der Waals surface area contributed by atoms with E-state index in [-0.39, 0.29) is 31.5 Å². The van der Waals surface area contributed by atoms with E-state index in [0.29, 0.717) is 82.4 Å². The fourth-order valence-electron chi connectivity index (χ4n) is 9.47. The van der Waals surface area contributed by atoms with Gasteiger partial charge in [0, 0.05) is 48.6 Å². The number of benzene rings is 2. The Hall–Kier alpha value is -4.67. The van der Waals surface area contributed by atoms with Crippen molar-refractivity contribution >= 4 is 59.5 Å². The number of likely N-dealkylation sites (tertiary alicyclic amines) is 2. The molecule has 6 N–H and O–H groups in total. The molecule has 2 saturated heterocycles. The molecule has 8 rings (SSSR count). The SMILES string of the molecule is C.CCN1CCCC1CNc1nc(Nc2ccc(C)c(F)c2)nc(NC2CCCCCC2)n1.CCN1CCCC1CNc1nc(Nc2ccc(C)c(F)c2)nc(NC2CCCCCC2)n1.Cl. The number of anilines is 8. The van der Waals surface area contributed by atoms with E-state index in [1.165, 1.54) is 89.2 Å². The van der Waals surface area contributed by atoms with Crippen LogP contribution in [0.25, 0.3) is 0 Å². The summed E-state index contributed by atoms with van der Waals surface area (Å²) in [4.78, 5) is 32.7. The largest absolute Gasteiger partial charge is 0.352 e. The number of likely N-dealkylation sites (N-methyl/N-ethyl adjacent to an activating group) is 2. The summed E-state index contributed by atoms with van der Waals surface area (Å²) >= 11 is 0. The van der Waals surface area contributed by atoms with Crippen LogP contribution in [-0.4, -0.2) is 103 Å². The van der Waals surface area contributed by atoms with Crippen molar-refractivity contribution in [3.8, 4) is 0 Å². The van der Waals surface area contributed by atoms with Crippen LogP contribution in [0.2, 0.25) is 0 Å². The Morgan fingerprint density at radius 1 is 0.500 bits per heavy atom. The lowest BCUT2D eigenvalue weighted by Gasteiger charge is -2.23. The Morgan fingerprint density at radius 3 is 1.23 bits per heavy atom. The molecular formula is C49H77ClF2N14. The molecule has 2 aromatic heterocycles. The van der Waals surface area contributed by atoms with E-state index in [1.54, 1.807) is 26.0 Å². The highest BCUT2D eigenvalue weighted by atomic mass is 35.5. The van der Waals surface area contributed by atoms with Crippen molar-refractivity contribution in [2.45, 2.75) is 162 Å². The van der Waals surface area contributed by atoms with Crippen molar-refractivity contribution < 1.29 is 8.78 Å². The Morgan fingerprint density at radius 2 is 0.864 bits per heavy atom. The second-order valence-electron chi connectivity index (χ2n) is 18.1. The number of rotatable bonds is 16. The number of halogens is 3. The van der Waals surface area contributed by atoms with Crippen LogP contribution in [0.4, 0.5) is 55.8 Å². The zero-order chi connectivity index (χ0) is 44.7. The molecule has 66 heavy (non-hydrogen) atoms. The molecule has 4 fully saturated rings. The highest BCUT2D eigenvalue weighted by Crippen LogP contribution is 2.26. The highest BCUT2D eigenvalue weighted by Gasteiger charge is 2.25. The van der Waals surface area contributed by atoms with Gasteiger partial charge in [-0.15, -0.1) is 12.4 Å². The summed E-state index contributed by atoms with van der Waals surface area (Å²) in [6, 6.07) is 11.9. The summed E-state index contributed by atoms with van der Waals surface area (Å²) < 4.78 is 28.1. The lowest BCUT2D eigenvalue weighted by atomic mass is 10.1. The first-order valence-corrected chi connectivity index (χ1v) is 24.3. The van der Waals surface area contributed by atoms with Gasteiger partial charge >= 0.3 is 0 Å². The summed E-state index contributed by atoms with van der Waals surface area (Å²) in [7, 11) is 0. The number of nitrogens with one attached hydrogen (secondary N) is 6. The Labute approximate surface area is 399 Å². The topological polar surface area (TPSA) is 156 Å². The van der Waals surface area contributed by atoms with Crippen LogP contribution >= 0.6 is 12.4 Å². The molecule has 17 heteroatoms. The molecule has 2 aromatic carbocycles. The number of aromatic nitrogens is 6. The normalized spacial score (nSPS) is 19.5. The molecule has 2 atom stereocenters. The third-order valence-electron chi connectivity index (χ3n) is 13.3. The lowest BCUT2D eigenvalue weighted by Crippen LogP contribution is -2.35. The zero-order valence-electron chi connectivity index (χ0n) is 39.1. The van der Waals surface area contributed by atoms with Crippen molar-refractivity contribution in [3.05, 3.63) is 59.2 Å². The maximum Gasteiger partial charge on any atom is 0.233 e. The minimum atomic E-state index is -0.250. The first-order chi connectivity index (χ1) is 31.2. The Balaban J connectivity index is 0.000000240. The van der Waals surface area contributed by atoms with Crippen molar-refractivity contribution in [2.75, 3.05) is 71.2 Å². The summed E-state index contributed by atoms with van der Waals surface area (Å²) in [6.45, 7) is 14.0. The fourth-order valence-corrected chi connectivity index (χ4v) is 9.47. The summed E-state index contributed by atoms with van der Waals surface area (Å²) in [6.07, 6.45) is 19.5. The molecule has 0 amide bonds. The van der Waals surface area contributed by atoms with Gasteiger partial charge in [-0.25, -0.2) is 8.78 Å². The second kappa shape index (κ2) is 26.6. The molecule has 2 saturated carbocycles. The third kappa shape index (κ3) is 15.7. The number of hydrogen-bond acceptors (Lipinski definition) is 14. The summed E-state index contributed by atoms with van der Waals surface area (Å²) in [5.74, 6) is 2.58. The average Bonchev–Trinajstić information content (AvgIpc) is 3.78. The monoisotopic (exact) mass is 935 g/mol. The van der Waals surface area contributed by atoms with Gasteiger partial charge in [0.05, 0.1) is 0 Å². The van der Waals surface area contributed by atoms with E-state index in [4.69, 9.17) is 0 Å². The van der Waals surface area contributed by atoms with Gasteiger partial charge in [-0.3, -0.25) is 9.80 Å².